The van der Waals surface area contributed by atoms with Crippen molar-refractivity contribution in [3.8, 4) is 0 Å². The highest BCUT2D eigenvalue weighted by molar-refractivity contribution is 6.09. The molecule has 0 N–H and O–H groups in total. The fourth-order valence-corrected chi connectivity index (χ4v) is 2.03. The van der Waals surface area contributed by atoms with Crippen LogP contribution >= 0.6 is 0 Å². The maximum atomic E-state index is 12.4. The molecule has 0 bridgehead atoms. The van der Waals surface area contributed by atoms with E-state index < -0.39 is 0 Å². The number of ketones is 1. The van der Waals surface area contributed by atoms with Gasteiger partial charge in [0.15, 0.2) is 0 Å². The number of aryl methyl sites for hydroxylation is 1. The Kier molecular flexibility index (Phi) is 2.80. The van der Waals surface area contributed by atoms with E-state index in [0.717, 1.165) is 16.6 Å². The molecule has 1 aromatic heterocycles. The number of aromatic nitrogens is 2. The zero-order chi connectivity index (χ0) is 13.2. The summed E-state index contributed by atoms with van der Waals surface area (Å²) >= 11 is 0. The Hall–Kier alpha value is -2.55. The molecule has 0 saturated carbocycles. The van der Waals surface area contributed by atoms with Crippen molar-refractivity contribution >= 4 is 16.8 Å². The van der Waals surface area contributed by atoms with E-state index in [1.807, 2.05) is 55.5 Å². The third kappa shape index (κ3) is 2.10. The number of fused-ring (bicyclic) bond motifs is 1. The molecule has 0 spiro atoms. The highest BCUT2D eigenvalue weighted by Gasteiger charge is 2.13. The van der Waals surface area contributed by atoms with E-state index in [1.165, 1.54) is 6.20 Å². The van der Waals surface area contributed by atoms with Crippen molar-refractivity contribution in [3.63, 3.8) is 0 Å². The van der Waals surface area contributed by atoms with Crippen LogP contribution in [-0.2, 0) is 0 Å². The van der Waals surface area contributed by atoms with Gasteiger partial charge in [0.2, 0.25) is 5.78 Å². The van der Waals surface area contributed by atoms with E-state index in [1.54, 1.807) is 0 Å². The second-order valence-corrected chi connectivity index (χ2v) is 4.39. The summed E-state index contributed by atoms with van der Waals surface area (Å²) < 4.78 is 0. The SMILES string of the molecule is Cc1ccccc1C(=O)c1cnc2ccccc2n1. The van der Waals surface area contributed by atoms with Crippen molar-refractivity contribution in [3.05, 3.63) is 71.5 Å². The lowest BCUT2D eigenvalue weighted by Crippen LogP contribution is -2.06. The normalized spacial score (nSPS) is 10.6. The zero-order valence-electron chi connectivity index (χ0n) is 10.5. The van der Waals surface area contributed by atoms with Gasteiger partial charge in [-0.1, -0.05) is 36.4 Å². The average molecular weight is 248 g/mol. The van der Waals surface area contributed by atoms with Gasteiger partial charge in [0, 0.05) is 5.56 Å². The molecule has 2 aromatic carbocycles. The summed E-state index contributed by atoms with van der Waals surface area (Å²) in [5.74, 6) is -0.0867. The van der Waals surface area contributed by atoms with E-state index in [2.05, 4.69) is 9.97 Å². The van der Waals surface area contributed by atoms with Crippen molar-refractivity contribution in [1.82, 2.24) is 9.97 Å². The molecule has 92 valence electrons. The molecule has 0 atom stereocenters. The first-order valence-electron chi connectivity index (χ1n) is 6.08. The molecule has 3 nitrogen and oxygen atoms in total. The molecular formula is C16H12N2O. The van der Waals surface area contributed by atoms with Gasteiger partial charge < -0.3 is 0 Å². The largest absolute Gasteiger partial charge is 0.287 e. The van der Waals surface area contributed by atoms with Gasteiger partial charge in [0.05, 0.1) is 17.2 Å². The average Bonchev–Trinajstić information content (AvgIpc) is 2.46. The number of carbonyl (C=O) groups is 1. The molecule has 0 aliphatic rings. The predicted octanol–water partition coefficient (Wildman–Crippen LogP) is 3.17. The Morgan fingerprint density at radius 1 is 0.947 bits per heavy atom. The van der Waals surface area contributed by atoms with Crippen LogP contribution in [0.25, 0.3) is 11.0 Å². The lowest BCUT2D eigenvalue weighted by atomic mass is 10.0. The standard InChI is InChI=1S/C16H12N2O/c1-11-6-2-3-7-12(11)16(19)15-10-17-13-8-4-5-9-14(13)18-15/h2-10H,1H3. The van der Waals surface area contributed by atoms with Crippen LogP contribution in [0.2, 0.25) is 0 Å². The Bertz CT molecular complexity index is 765. The van der Waals surface area contributed by atoms with E-state index in [4.69, 9.17) is 0 Å². The molecule has 0 aliphatic heterocycles. The van der Waals surface area contributed by atoms with Gasteiger partial charge in [-0.2, -0.15) is 0 Å². The van der Waals surface area contributed by atoms with Gasteiger partial charge in [-0.15, -0.1) is 0 Å². The molecular weight excluding hydrogens is 236 g/mol. The van der Waals surface area contributed by atoms with Crippen LogP contribution in [-0.4, -0.2) is 15.8 Å². The maximum Gasteiger partial charge on any atom is 0.213 e. The minimum atomic E-state index is -0.0867. The minimum absolute atomic E-state index is 0.0867. The molecule has 0 fully saturated rings. The monoisotopic (exact) mass is 248 g/mol. The summed E-state index contributed by atoms with van der Waals surface area (Å²) in [7, 11) is 0. The summed E-state index contributed by atoms with van der Waals surface area (Å²) in [5, 5.41) is 0. The fraction of sp³-hybridized carbons (Fsp3) is 0.0625. The second-order valence-electron chi connectivity index (χ2n) is 4.39. The van der Waals surface area contributed by atoms with Crippen molar-refractivity contribution in [2.24, 2.45) is 0 Å². The number of nitrogens with zero attached hydrogens (tertiary/aromatic N) is 2. The molecule has 0 radical (unpaired) electrons. The predicted molar refractivity (Wildman–Crippen MR) is 74.1 cm³/mol. The fourth-order valence-electron chi connectivity index (χ4n) is 2.03. The van der Waals surface area contributed by atoms with Crippen molar-refractivity contribution < 1.29 is 4.79 Å². The molecule has 3 heteroatoms. The van der Waals surface area contributed by atoms with Crippen LogP contribution in [0.5, 0.6) is 0 Å². The summed E-state index contributed by atoms with van der Waals surface area (Å²) in [4.78, 5) is 21.1. The van der Waals surface area contributed by atoms with Gasteiger partial charge >= 0.3 is 0 Å². The van der Waals surface area contributed by atoms with Crippen LogP contribution in [0.15, 0.2) is 54.7 Å². The van der Waals surface area contributed by atoms with Gasteiger partial charge in [0.1, 0.15) is 5.69 Å². The molecule has 0 saturated heterocycles. The van der Waals surface area contributed by atoms with Gasteiger partial charge in [-0.25, -0.2) is 4.98 Å². The summed E-state index contributed by atoms with van der Waals surface area (Å²) in [6, 6.07) is 15.0. The number of para-hydroxylation sites is 2. The van der Waals surface area contributed by atoms with E-state index in [9.17, 15) is 4.79 Å². The Labute approximate surface area is 111 Å². The minimum Gasteiger partial charge on any atom is -0.287 e. The third-order valence-corrected chi connectivity index (χ3v) is 3.07. The summed E-state index contributed by atoms with van der Waals surface area (Å²) in [6.45, 7) is 1.92. The van der Waals surface area contributed by atoms with E-state index in [0.29, 0.717) is 11.3 Å². The molecule has 0 aliphatic carbocycles. The highest BCUT2D eigenvalue weighted by Crippen LogP contribution is 2.14. The van der Waals surface area contributed by atoms with Crippen LogP contribution in [0.4, 0.5) is 0 Å². The smallest absolute Gasteiger partial charge is 0.213 e. The van der Waals surface area contributed by atoms with Crippen LogP contribution in [0.1, 0.15) is 21.6 Å². The van der Waals surface area contributed by atoms with Gasteiger partial charge in [-0.05, 0) is 24.6 Å². The second kappa shape index (κ2) is 4.61. The van der Waals surface area contributed by atoms with Crippen LogP contribution in [0, 0.1) is 6.92 Å². The topological polar surface area (TPSA) is 42.9 Å². The number of carbonyl (C=O) groups excluding carboxylic acids is 1. The first kappa shape index (κ1) is 11.5. The Morgan fingerprint density at radius 2 is 1.63 bits per heavy atom. The summed E-state index contributed by atoms with van der Waals surface area (Å²) in [5.41, 5.74) is 3.54. The van der Waals surface area contributed by atoms with Crippen molar-refractivity contribution in [1.29, 1.82) is 0 Å². The molecule has 0 unspecified atom stereocenters. The van der Waals surface area contributed by atoms with Crippen LogP contribution < -0.4 is 0 Å². The first-order valence-corrected chi connectivity index (χ1v) is 6.08. The lowest BCUT2D eigenvalue weighted by molar-refractivity contribution is 0.103. The molecule has 3 aromatic rings. The number of hydrogen-bond donors (Lipinski definition) is 0. The Morgan fingerprint density at radius 3 is 2.42 bits per heavy atom. The van der Waals surface area contributed by atoms with Crippen LogP contribution in [0.3, 0.4) is 0 Å². The highest BCUT2D eigenvalue weighted by atomic mass is 16.1. The first-order chi connectivity index (χ1) is 9.25. The maximum absolute atomic E-state index is 12.4. The molecule has 19 heavy (non-hydrogen) atoms. The number of rotatable bonds is 2. The molecule has 3 rings (SSSR count). The van der Waals surface area contributed by atoms with Crippen molar-refractivity contribution in [2.75, 3.05) is 0 Å². The zero-order valence-corrected chi connectivity index (χ0v) is 10.5. The third-order valence-electron chi connectivity index (χ3n) is 3.07. The van der Waals surface area contributed by atoms with E-state index in [-0.39, 0.29) is 5.78 Å². The van der Waals surface area contributed by atoms with Gasteiger partial charge in [-0.3, -0.25) is 9.78 Å². The van der Waals surface area contributed by atoms with E-state index >= 15 is 0 Å². The Balaban J connectivity index is 2.09. The van der Waals surface area contributed by atoms with Crippen molar-refractivity contribution in [2.45, 2.75) is 6.92 Å². The number of hydrogen-bond acceptors (Lipinski definition) is 3. The number of benzene rings is 2. The molecule has 1 heterocycles. The molecule has 0 amide bonds. The quantitative estimate of drug-likeness (QED) is 0.654. The van der Waals surface area contributed by atoms with Gasteiger partial charge in [0.25, 0.3) is 0 Å². The summed E-state index contributed by atoms with van der Waals surface area (Å²) in [6.07, 6.45) is 1.54. The lowest BCUT2D eigenvalue weighted by Gasteiger charge is -2.04.